The molecule has 168 valence electrons. The van der Waals surface area contributed by atoms with E-state index in [0.29, 0.717) is 12.4 Å². The summed E-state index contributed by atoms with van der Waals surface area (Å²) in [5.74, 6) is 0.712. The summed E-state index contributed by atoms with van der Waals surface area (Å²) < 4.78 is 44.2. The molecule has 31 heavy (non-hydrogen) atoms. The van der Waals surface area contributed by atoms with Crippen molar-refractivity contribution < 1.29 is 22.8 Å². The fourth-order valence-electron chi connectivity index (χ4n) is 4.09. The number of nitro groups is 1. The molecule has 2 aromatic carbocycles. The van der Waals surface area contributed by atoms with E-state index in [2.05, 4.69) is 11.8 Å². The number of piperidine rings is 1. The van der Waals surface area contributed by atoms with Gasteiger partial charge in [-0.25, -0.2) is 0 Å². The number of hydrogen-bond acceptors (Lipinski definition) is 4. The molecular formula is C23H27F3N2O3. The molecular weight excluding hydrogens is 409 g/mol. The Hall–Kier alpha value is -2.61. The highest BCUT2D eigenvalue weighted by molar-refractivity contribution is 5.35. The molecule has 0 unspecified atom stereocenters. The number of halogens is 3. The van der Waals surface area contributed by atoms with Crippen LogP contribution in [0.3, 0.4) is 0 Å². The van der Waals surface area contributed by atoms with Crippen LogP contribution in [0, 0.1) is 16.0 Å². The molecule has 1 aliphatic rings. The topological polar surface area (TPSA) is 55.6 Å². The van der Waals surface area contributed by atoms with E-state index in [1.165, 1.54) is 24.3 Å². The van der Waals surface area contributed by atoms with Crippen molar-refractivity contribution in [3.05, 3.63) is 69.8 Å². The summed E-state index contributed by atoms with van der Waals surface area (Å²) >= 11 is 0. The number of hydrogen-bond donors (Lipinski definition) is 0. The normalized spacial score (nSPS) is 19.9. The highest BCUT2D eigenvalue weighted by Crippen LogP contribution is 2.35. The Labute approximate surface area is 180 Å². The summed E-state index contributed by atoms with van der Waals surface area (Å²) in [4.78, 5) is 12.9. The lowest BCUT2D eigenvalue weighted by molar-refractivity contribution is -0.384. The van der Waals surface area contributed by atoms with Crippen LogP contribution in [-0.4, -0.2) is 36.1 Å². The fourth-order valence-corrected chi connectivity index (χ4v) is 4.09. The molecule has 2 aromatic rings. The summed E-state index contributed by atoms with van der Waals surface area (Å²) in [5, 5.41) is 11.0. The van der Waals surface area contributed by atoms with E-state index in [-0.39, 0.29) is 17.5 Å². The second kappa shape index (κ2) is 10.1. The van der Waals surface area contributed by atoms with Gasteiger partial charge in [0.1, 0.15) is 5.75 Å². The minimum absolute atomic E-state index is 0.0571. The van der Waals surface area contributed by atoms with Gasteiger partial charge in [0, 0.05) is 24.6 Å². The summed E-state index contributed by atoms with van der Waals surface area (Å²) in [7, 11) is 0. The molecule has 1 aliphatic heterocycles. The molecule has 0 spiro atoms. The van der Waals surface area contributed by atoms with E-state index in [1.807, 2.05) is 0 Å². The van der Waals surface area contributed by atoms with Gasteiger partial charge in [-0.15, -0.1) is 0 Å². The third-order valence-corrected chi connectivity index (χ3v) is 5.82. The van der Waals surface area contributed by atoms with Gasteiger partial charge in [0.15, 0.2) is 0 Å². The zero-order valence-corrected chi connectivity index (χ0v) is 17.5. The molecule has 3 rings (SSSR count). The van der Waals surface area contributed by atoms with Gasteiger partial charge in [-0.1, -0.05) is 25.5 Å². The minimum atomic E-state index is -4.37. The number of alkyl halides is 3. The molecule has 5 nitrogen and oxygen atoms in total. The quantitative estimate of drug-likeness (QED) is 0.382. The monoisotopic (exact) mass is 436 g/mol. The molecule has 0 aliphatic carbocycles. The Morgan fingerprint density at radius 1 is 1.13 bits per heavy atom. The van der Waals surface area contributed by atoms with Crippen molar-refractivity contribution in [3.8, 4) is 5.75 Å². The number of unbranched alkanes of at least 4 members (excludes halogenated alkanes) is 1. The van der Waals surface area contributed by atoms with Gasteiger partial charge in [-0.2, -0.15) is 13.2 Å². The van der Waals surface area contributed by atoms with Crippen LogP contribution in [0.4, 0.5) is 18.9 Å². The van der Waals surface area contributed by atoms with E-state index in [4.69, 9.17) is 4.74 Å². The van der Waals surface area contributed by atoms with Gasteiger partial charge in [0.2, 0.25) is 0 Å². The summed E-state index contributed by atoms with van der Waals surface area (Å²) in [6.07, 6.45) is -1.26. The lowest BCUT2D eigenvalue weighted by Gasteiger charge is -2.38. The number of nitro benzene ring substituents is 1. The van der Waals surface area contributed by atoms with Crippen LogP contribution in [0.15, 0.2) is 48.5 Å². The summed E-state index contributed by atoms with van der Waals surface area (Å²) in [5.41, 5.74) is 0.385. The van der Waals surface area contributed by atoms with Crippen molar-refractivity contribution in [1.82, 2.24) is 4.90 Å². The number of likely N-dealkylation sites (tertiary alicyclic amines) is 1. The second-order valence-electron chi connectivity index (χ2n) is 7.99. The van der Waals surface area contributed by atoms with Gasteiger partial charge in [0.05, 0.1) is 17.1 Å². The largest absolute Gasteiger partial charge is 0.493 e. The molecule has 0 amide bonds. The van der Waals surface area contributed by atoms with Crippen molar-refractivity contribution in [1.29, 1.82) is 0 Å². The fraction of sp³-hybridized carbons (Fsp3) is 0.478. The van der Waals surface area contributed by atoms with Crippen molar-refractivity contribution in [2.45, 2.75) is 38.3 Å². The van der Waals surface area contributed by atoms with E-state index < -0.39 is 16.7 Å². The van der Waals surface area contributed by atoms with E-state index in [9.17, 15) is 23.3 Å². The maximum Gasteiger partial charge on any atom is 0.416 e. The third kappa shape index (κ3) is 6.19. The predicted octanol–water partition coefficient (Wildman–Crippen LogP) is 5.90. The number of ether oxygens (including phenoxy) is 1. The first-order valence-corrected chi connectivity index (χ1v) is 10.5. The number of benzene rings is 2. The average Bonchev–Trinajstić information content (AvgIpc) is 2.76. The van der Waals surface area contributed by atoms with E-state index >= 15 is 0 Å². The number of non-ortho nitro benzene ring substituents is 1. The van der Waals surface area contributed by atoms with Crippen LogP contribution in [0.5, 0.6) is 5.75 Å². The van der Waals surface area contributed by atoms with Crippen LogP contribution in [0.2, 0.25) is 0 Å². The van der Waals surface area contributed by atoms with Gasteiger partial charge in [-0.05, 0) is 61.7 Å². The lowest BCUT2D eigenvalue weighted by Crippen LogP contribution is -2.42. The Bertz CT molecular complexity index is 854. The van der Waals surface area contributed by atoms with Crippen LogP contribution in [0.25, 0.3) is 0 Å². The van der Waals surface area contributed by atoms with Gasteiger partial charge >= 0.3 is 6.18 Å². The van der Waals surface area contributed by atoms with Crippen LogP contribution < -0.4 is 4.74 Å². The third-order valence-electron chi connectivity index (χ3n) is 5.82. The SMILES string of the molecule is CCCCN1CC[C@@H](c2ccc([N+](=O)[O-])cc2)[C@@H](COc2ccc(C(F)(F)F)cc2)C1. The Morgan fingerprint density at radius 2 is 1.81 bits per heavy atom. The Balaban J connectivity index is 1.71. The lowest BCUT2D eigenvalue weighted by atomic mass is 9.80. The van der Waals surface area contributed by atoms with Crippen LogP contribution in [0.1, 0.15) is 43.2 Å². The average molecular weight is 436 g/mol. The first kappa shape index (κ1) is 23.1. The zero-order valence-electron chi connectivity index (χ0n) is 17.5. The van der Waals surface area contributed by atoms with Crippen molar-refractivity contribution >= 4 is 5.69 Å². The molecule has 0 N–H and O–H groups in total. The van der Waals surface area contributed by atoms with E-state index in [1.54, 1.807) is 12.1 Å². The summed E-state index contributed by atoms with van der Waals surface area (Å²) in [6, 6.07) is 11.4. The highest BCUT2D eigenvalue weighted by atomic mass is 19.4. The number of rotatable bonds is 8. The smallest absolute Gasteiger partial charge is 0.416 e. The van der Waals surface area contributed by atoms with Gasteiger partial charge < -0.3 is 9.64 Å². The molecule has 0 aromatic heterocycles. The van der Waals surface area contributed by atoms with Crippen molar-refractivity contribution in [3.63, 3.8) is 0 Å². The molecule has 1 fully saturated rings. The second-order valence-corrected chi connectivity index (χ2v) is 7.99. The highest BCUT2D eigenvalue weighted by Gasteiger charge is 2.32. The van der Waals surface area contributed by atoms with Gasteiger partial charge in [0.25, 0.3) is 5.69 Å². The number of nitrogens with zero attached hydrogens (tertiary/aromatic N) is 2. The standard InChI is InChI=1S/C23H27F3N2O3/c1-2-3-13-27-14-12-22(17-4-8-20(9-5-17)28(29)30)18(15-27)16-31-21-10-6-19(7-11-21)23(24,25)26/h4-11,18,22H,2-3,12-16H2,1H3/t18-,22+/m1/s1. The predicted molar refractivity (Wildman–Crippen MR) is 112 cm³/mol. The first-order chi connectivity index (χ1) is 14.8. The maximum atomic E-state index is 12.8. The molecule has 0 bridgehead atoms. The van der Waals surface area contributed by atoms with Gasteiger partial charge in [-0.3, -0.25) is 10.1 Å². The Morgan fingerprint density at radius 3 is 2.39 bits per heavy atom. The van der Waals surface area contributed by atoms with Crippen LogP contribution in [-0.2, 0) is 6.18 Å². The van der Waals surface area contributed by atoms with Crippen molar-refractivity contribution in [2.75, 3.05) is 26.2 Å². The molecule has 2 atom stereocenters. The zero-order chi connectivity index (χ0) is 22.4. The summed E-state index contributed by atoms with van der Waals surface area (Å²) in [6.45, 7) is 5.28. The molecule has 0 saturated carbocycles. The van der Waals surface area contributed by atoms with Crippen LogP contribution >= 0.6 is 0 Å². The minimum Gasteiger partial charge on any atom is -0.493 e. The van der Waals surface area contributed by atoms with Crippen molar-refractivity contribution in [2.24, 2.45) is 5.92 Å². The van der Waals surface area contributed by atoms with E-state index in [0.717, 1.165) is 56.6 Å². The molecule has 1 saturated heterocycles. The maximum absolute atomic E-state index is 12.8. The molecule has 0 radical (unpaired) electrons. The Kier molecular flexibility index (Phi) is 7.54. The first-order valence-electron chi connectivity index (χ1n) is 10.5. The molecule has 1 heterocycles. The molecule has 8 heteroatoms.